The molecule has 0 aromatic rings. The largest absolute Gasteiger partial charge is 0.393 e. The lowest BCUT2D eigenvalue weighted by Crippen LogP contribution is -2.62. The Bertz CT molecular complexity index is 593. The molecule has 4 fully saturated rings. The summed E-state index contributed by atoms with van der Waals surface area (Å²) in [6.45, 7) is 8.86. The minimum absolute atomic E-state index is 0.127. The Morgan fingerprint density at radius 1 is 0.897 bits per heavy atom. The molecule has 4 N–H and O–H groups in total. The van der Waals surface area contributed by atoms with Gasteiger partial charge in [-0.05, 0) is 111 Å². The summed E-state index contributed by atoms with van der Waals surface area (Å²) in [6, 6.07) is 0. The van der Waals surface area contributed by atoms with Crippen molar-refractivity contribution in [2.24, 2.45) is 46.3 Å². The molecule has 12 unspecified atom stereocenters. The summed E-state index contributed by atoms with van der Waals surface area (Å²) in [5, 5.41) is 42.8. The van der Waals surface area contributed by atoms with E-state index in [2.05, 4.69) is 20.8 Å². The zero-order chi connectivity index (χ0) is 21.1. The van der Waals surface area contributed by atoms with E-state index in [-0.39, 0.29) is 41.2 Å². The van der Waals surface area contributed by atoms with E-state index in [1.807, 2.05) is 6.92 Å². The highest BCUT2D eigenvalue weighted by Gasteiger charge is 2.65. The van der Waals surface area contributed by atoms with Crippen LogP contribution >= 0.6 is 0 Å². The SMILES string of the molecule is CC(O)CCC(C)C1CCC2C3C(O)CC4CC(O)CCC4(C)C3CC(O)C12C. The molecule has 0 aromatic heterocycles. The van der Waals surface area contributed by atoms with Crippen LogP contribution in [0, 0.1) is 46.3 Å². The molecule has 168 valence electrons. The monoisotopic (exact) mass is 408 g/mol. The number of aliphatic hydroxyl groups is 4. The van der Waals surface area contributed by atoms with Crippen molar-refractivity contribution in [2.75, 3.05) is 0 Å². The molecule has 0 heterocycles. The number of hydrogen-bond donors (Lipinski definition) is 4. The molecule has 29 heavy (non-hydrogen) atoms. The third-order valence-electron chi connectivity index (χ3n) is 10.6. The molecule has 0 radical (unpaired) electrons. The van der Waals surface area contributed by atoms with Crippen molar-refractivity contribution >= 4 is 0 Å². The zero-order valence-corrected chi connectivity index (χ0v) is 18.9. The standard InChI is InChI=1S/C25H44O4/c1-14(5-6-15(2)26)18-7-8-19-23-20(13-22(29)25(18,19)4)24(3)10-9-17(27)11-16(24)12-21(23)28/h14-23,26-29H,5-13H2,1-4H3. The third kappa shape index (κ3) is 3.41. The fourth-order valence-electron chi connectivity index (χ4n) is 8.84. The van der Waals surface area contributed by atoms with Gasteiger partial charge in [-0.2, -0.15) is 0 Å². The molecule has 4 nitrogen and oxygen atoms in total. The van der Waals surface area contributed by atoms with Crippen LogP contribution in [-0.4, -0.2) is 44.8 Å². The molecule has 0 spiro atoms. The lowest BCUT2D eigenvalue weighted by atomic mass is 9.43. The van der Waals surface area contributed by atoms with E-state index in [1.165, 1.54) is 0 Å². The number of fused-ring (bicyclic) bond motifs is 5. The molecule has 4 saturated carbocycles. The molecular formula is C25H44O4. The Labute approximate surface area is 177 Å². The summed E-state index contributed by atoms with van der Waals surface area (Å²) in [5.74, 6) is 2.36. The van der Waals surface area contributed by atoms with Gasteiger partial charge in [-0.3, -0.25) is 0 Å². The highest BCUT2D eigenvalue weighted by Crippen LogP contribution is 2.68. The summed E-state index contributed by atoms with van der Waals surface area (Å²) >= 11 is 0. The first kappa shape index (κ1) is 22.0. The van der Waals surface area contributed by atoms with Crippen molar-refractivity contribution in [3.63, 3.8) is 0 Å². The van der Waals surface area contributed by atoms with Crippen molar-refractivity contribution < 1.29 is 20.4 Å². The van der Waals surface area contributed by atoms with Gasteiger partial charge >= 0.3 is 0 Å². The van der Waals surface area contributed by atoms with Crippen molar-refractivity contribution in [1.82, 2.24) is 0 Å². The van der Waals surface area contributed by atoms with E-state index >= 15 is 0 Å². The Kier molecular flexibility index (Phi) is 5.90. The smallest absolute Gasteiger partial charge is 0.0602 e. The fraction of sp³-hybridized carbons (Fsp3) is 1.00. The Balaban J connectivity index is 1.60. The number of rotatable bonds is 4. The van der Waals surface area contributed by atoms with E-state index in [0.717, 1.165) is 57.8 Å². The molecule has 0 saturated heterocycles. The van der Waals surface area contributed by atoms with Gasteiger partial charge < -0.3 is 20.4 Å². The molecule has 0 aliphatic heterocycles. The molecule has 0 bridgehead atoms. The molecule has 4 heteroatoms. The maximum Gasteiger partial charge on any atom is 0.0602 e. The minimum atomic E-state index is -0.315. The van der Waals surface area contributed by atoms with Crippen molar-refractivity contribution in [3.8, 4) is 0 Å². The summed E-state index contributed by atoms with van der Waals surface area (Å²) in [4.78, 5) is 0. The molecule has 12 atom stereocenters. The Morgan fingerprint density at radius 3 is 2.31 bits per heavy atom. The lowest BCUT2D eigenvalue weighted by Gasteiger charge is -2.63. The van der Waals surface area contributed by atoms with Crippen molar-refractivity contribution in [2.45, 2.75) is 110 Å². The molecule has 0 amide bonds. The maximum absolute atomic E-state index is 11.5. The van der Waals surface area contributed by atoms with E-state index < -0.39 is 0 Å². The van der Waals surface area contributed by atoms with Crippen LogP contribution in [0.2, 0.25) is 0 Å². The predicted octanol–water partition coefficient (Wildman–Crippen LogP) is 3.74. The van der Waals surface area contributed by atoms with Crippen molar-refractivity contribution in [3.05, 3.63) is 0 Å². The van der Waals surface area contributed by atoms with Gasteiger partial charge in [-0.1, -0.05) is 20.8 Å². The van der Waals surface area contributed by atoms with Crippen LogP contribution in [0.4, 0.5) is 0 Å². The maximum atomic E-state index is 11.5. The van der Waals surface area contributed by atoms with Crippen LogP contribution in [0.15, 0.2) is 0 Å². The van der Waals surface area contributed by atoms with Gasteiger partial charge in [0.15, 0.2) is 0 Å². The van der Waals surface area contributed by atoms with E-state index in [9.17, 15) is 20.4 Å². The van der Waals surface area contributed by atoms with Crippen molar-refractivity contribution in [1.29, 1.82) is 0 Å². The van der Waals surface area contributed by atoms with Gasteiger partial charge in [0.25, 0.3) is 0 Å². The number of aliphatic hydroxyl groups excluding tert-OH is 4. The first-order valence-corrected chi connectivity index (χ1v) is 12.3. The molecule has 0 aromatic carbocycles. The zero-order valence-electron chi connectivity index (χ0n) is 18.9. The van der Waals surface area contributed by atoms with Gasteiger partial charge in [-0.15, -0.1) is 0 Å². The summed E-state index contributed by atoms with van der Waals surface area (Å²) < 4.78 is 0. The van der Waals surface area contributed by atoms with Crippen LogP contribution in [0.1, 0.15) is 85.5 Å². The quantitative estimate of drug-likeness (QED) is 0.571. The Hall–Kier alpha value is -0.160. The lowest BCUT2D eigenvalue weighted by molar-refractivity contribution is -0.207. The van der Waals surface area contributed by atoms with Crippen LogP contribution in [0.3, 0.4) is 0 Å². The minimum Gasteiger partial charge on any atom is -0.393 e. The average molecular weight is 409 g/mol. The second-order valence-corrected chi connectivity index (χ2v) is 11.9. The number of hydrogen-bond acceptors (Lipinski definition) is 4. The van der Waals surface area contributed by atoms with Gasteiger partial charge in [0, 0.05) is 0 Å². The van der Waals surface area contributed by atoms with Gasteiger partial charge in [0.05, 0.1) is 24.4 Å². The van der Waals surface area contributed by atoms with Gasteiger partial charge in [0.2, 0.25) is 0 Å². The van der Waals surface area contributed by atoms with Crippen LogP contribution < -0.4 is 0 Å². The Morgan fingerprint density at radius 2 is 1.62 bits per heavy atom. The summed E-state index contributed by atoms with van der Waals surface area (Å²) in [7, 11) is 0. The second kappa shape index (κ2) is 7.76. The van der Waals surface area contributed by atoms with E-state index in [0.29, 0.717) is 29.6 Å². The topological polar surface area (TPSA) is 80.9 Å². The first-order chi connectivity index (χ1) is 13.6. The second-order valence-electron chi connectivity index (χ2n) is 11.9. The van der Waals surface area contributed by atoms with E-state index in [4.69, 9.17) is 0 Å². The average Bonchev–Trinajstić information content (AvgIpc) is 3.01. The highest BCUT2D eigenvalue weighted by atomic mass is 16.3. The molecule has 4 aliphatic rings. The van der Waals surface area contributed by atoms with Crippen LogP contribution in [-0.2, 0) is 0 Å². The molecule has 4 aliphatic carbocycles. The fourth-order valence-corrected chi connectivity index (χ4v) is 8.84. The normalized spacial score (nSPS) is 54.2. The third-order valence-corrected chi connectivity index (χ3v) is 10.6. The first-order valence-electron chi connectivity index (χ1n) is 12.3. The molecular weight excluding hydrogens is 364 g/mol. The van der Waals surface area contributed by atoms with E-state index in [1.54, 1.807) is 0 Å². The summed E-state index contributed by atoms with van der Waals surface area (Å²) in [6.07, 6.45) is 7.30. The van der Waals surface area contributed by atoms with Crippen LogP contribution in [0.5, 0.6) is 0 Å². The van der Waals surface area contributed by atoms with Gasteiger partial charge in [-0.25, -0.2) is 0 Å². The van der Waals surface area contributed by atoms with Crippen LogP contribution in [0.25, 0.3) is 0 Å². The molecule has 4 rings (SSSR count). The summed E-state index contributed by atoms with van der Waals surface area (Å²) in [5.41, 5.74) is 0.0130. The predicted molar refractivity (Wildman–Crippen MR) is 114 cm³/mol. The highest BCUT2D eigenvalue weighted by molar-refractivity contribution is 5.14. The van der Waals surface area contributed by atoms with Gasteiger partial charge in [0.1, 0.15) is 0 Å².